The van der Waals surface area contributed by atoms with Crippen molar-refractivity contribution >= 4 is 23.5 Å². The van der Waals surface area contributed by atoms with Crippen molar-refractivity contribution in [3.63, 3.8) is 0 Å². The van der Waals surface area contributed by atoms with Gasteiger partial charge in [-0.05, 0) is 31.5 Å². The quantitative estimate of drug-likeness (QED) is 0.346. The van der Waals surface area contributed by atoms with Gasteiger partial charge in [0.2, 0.25) is 5.91 Å². The van der Waals surface area contributed by atoms with Crippen molar-refractivity contribution in [1.82, 2.24) is 10.6 Å². The van der Waals surface area contributed by atoms with Gasteiger partial charge in [0.15, 0.2) is 0 Å². The molecule has 0 saturated heterocycles. The molecule has 9 heteroatoms. The standard InChI is InChI=1S/C22H33N3O6/c1-15(2)23-12-8-4-3-5-9-16(22(29)30)24-17-14-31-19-11-7-6-10-18(19)25(21(17)28)13-20(26)27/h6-7,10-11,15-17,23-24H,3-5,8-9,12-14H2,1-2H3,(H,26,27)(H,29,30)/t16?,17-/m0/s1. The smallest absolute Gasteiger partial charge is 0.323 e. The van der Waals surface area contributed by atoms with Gasteiger partial charge in [0.05, 0.1) is 5.69 Å². The zero-order chi connectivity index (χ0) is 22.8. The third kappa shape index (κ3) is 7.84. The van der Waals surface area contributed by atoms with E-state index in [1.54, 1.807) is 24.3 Å². The van der Waals surface area contributed by atoms with Crippen LogP contribution in [0.1, 0.15) is 46.0 Å². The summed E-state index contributed by atoms with van der Waals surface area (Å²) < 4.78 is 5.70. The second kappa shape index (κ2) is 12.3. The Morgan fingerprint density at radius 3 is 2.55 bits per heavy atom. The molecule has 31 heavy (non-hydrogen) atoms. The lowest BCUT2D eigenvalue weighted by Gasteiger charge is -2.25. The largest absolute Gasteiger partial charge is 0.489 e. The molecule has 4 N–H and O–H groups in total. The maximum absolute atomic E-state index is 13.0. The molecule has 2 rings (SSSR count). The van der Waals surface area contributed by atoms with Crippen LogP contribution in [0.5, 0.6) is 5.75 Å². The lowest BCUT2D eigenvalue weighted by Crippen LogP contribution is -2.54. The minimum Gasteiger partial charge on any atom is -0.489 e. The number of carboxylic acid groups (broad SMARTS) is 2. The van der Waals surface area contributed by atoms with Crippen LogP contribution in [0.4, 0.5) is 5.69 Å². The molecular weight excluding hydrogens is 402 g/mol. The molecule has 2 atom stereocenters. The van der Waals surface area contributed by atoms with Crippen LogP contribution in [-0.2, 0) is 14.4 Å². The monoisotopic (exact) mass is 435 g/mol. The molecule has 1 aliphatic heterocycles. The van der Waals surface area contributed by atoms with Crippen LogP contribution in [0.25, 0.3) is 0 Å². The van der Waals surface area contributed by atoms with E-state index in [1.165, 1.54) is 0 Å². The van der Waals surface area contributed by atoms with E-state index in [1.807, 2.05) is 0 Å². The summed E-state index contributed by atoms with van der Waals surface area (Å²) in [6.07, 6.45) is 4.02. The van der Waals surface area contributed by atoms with E-state index in [2.05, 4.69) is 24.5 Å². The van der Waals surface area contributed by atoms with E-state index < -0.39 is 36.5 Å². The summed E-state index contributed by atoms with van der Waals surface area (Å²) in [7, 11) is 0. The summed E-state index contributed by atoms with van der Waals surface area (Å²) in [5, 5.41) is 25.1. The Hall–Kier alpha value is -2.65. The molecule has 0 bridgehead atoms. The fourth-order valence-corrected chi connectivity index (χ4v) is 3.51. The van der Waals surface area contributed by atoms with E-state index in [0.717, 1.165) is 30.7 Å². The number of hydrogen-bond donors (Lipinski definition) is 4. The van der Waals surface area contributed by atoms with Crippen molar-refractivity contribution in [1.29, 1.82) is 0 Å². The Bertz CT molecular complexity index is 755. The lowest BCUT2D eigenvalue weighted by molar-refractivity contribution is -0.141. The van der Waals surface area contributed by atoms with Gasteiger partial charge in [0, 0.05) is 6.04 Å². The lowest BCUT2D eigenvalue weighted by atomic mass is 10.1. The van der Waals surface area contributed by atoms with Gasteiger partial charge in [0.25, 0.3) is 0 Å². The fourth-order valence-electron chi connectivity index (χ4n) is 3.51. The van der Waals surface area contributed by atoms with E-state index in [0.29, 0.717) is 30.3 Å². The third-order valence-electron chi connectivity index (χ3n) is 5.09. The highest BCUT2D eigenvalue weighted by Crippen LogP contribution is 2.31. The molecule has 0 radical (unpaired) electrons. The topological polar surface area (TPSA) is 128 Å². The summed E-state index contributed by atoms with van der Waals surface area (Å²) >= 11 is 0. The number of rotatable bonds is 13. The molecule has 1 aliphatic rings. The van der Waals surface area contributed by atoms with E-state index in [9.17, 15) is 24.6 Å². The highest BCUT2D eigenvalue weighted by Gasteiger charge is 2.35. The first-order valence-corrected chi connectivity index (χ1v) is 10.8. The average molecular weight is 436 g/mol. The van der Waals surface area contributed by atoms with Crippen molar-refractivity contribution in [3.05, 3.63) is 24.3 Å². The molecule has 0 saturated carbocycles. The zero-order valence-corrected chi connectivity index (χ0v) is 18.2. The summed E-state index contributed by atoms with van der Waals surface area (Å²) in [6.45, 7) is 4.53. The number of carboxylic acids is 2. The van der Waals surface area contributed by atoms with Crippen LogP contribution >= 0.6 is 0 Å². The molecule has 0 spiro atoms. The second-order valence-electron chi connectivity index (χ2n) is 8.02. The normalized spacial score (nSPS) is 17.1. The third-order valence-corrected chi connectivity index (χ3v) is 5.09. The highest BCUT2D eigenvalue weighted by molar-refractivity contribution is 6.02. The molecule has 9 nitrogen and oxygen atoms in total. The molecule has 172 valence electrons. The number of carbonyl (C=O) groups excluding carboxylic acids is 1. The van der Waals surface area contributed by atoms with Crippen molar-refractivity contribution < 1.29 is 29.3 Å². The zero-order valence-electron chi connectivity index (χ0n) is 18.2. The molecule has 1 heterocycles. The number of anilines is 1. The number of amides is 1. The maximum atomic E-state index is 13.0. The fraction of sp³-hybridized carbons (Fsp3) is 0.591. The number of unbranched alkanes of at least 4 members (excludes halogenated alkanes) is 3. The molecule has 0 aromatic heterocycles. The predicted molar refractivity (Wildman–Crippen MR) is 116 cm³/mol. The average Bonchev–Trinajstić information content (AvgIpc) is 2.83. The van der Waals surface area contributed by atoms with Gasteiger partial charge >= 0.3 is 11.9 Å². The summed E-state index contributed by atoms with van der Waals surface area (Å²) in [5.41, 5.74) is 0.362. The maximum Gasteiger partial charge on any atom is 0.323 e. The second-order valence-corrected chi connectivity index (χ2v) is 8.02. The minimum atomic E-state index is -1.16. The SMILES string of the molecule is CC(C)NCCCCCCC(N[C@H]1COc2ccccc2N(CC(=O)O)C1=O)C(=O)O. The van der Waals surface area contributed by atoms with Gasteiger partial charge in [-0.25, -0.2) is 0 Å². The Morgan fingerprint density at radius 1 is 1.16 bits per heavy atom. The molecule has 1 aromatic carbocycles. The van der Waals surface area contributed by atoms with Crippen LogP contribution in [-0.4, -0.2) is 65.9 Å². The van der Waals surface area contributed by atoms with Gasteiger partial charge < -0.3 is 20.3 Å². The van der Waals surface area contributed by atoms with Crippen LogP contribution < -0.4 is 20.3 Å². The first kappa shape index (κ1) is 24.6. The van der Waals surface area contributed by atoms with Crippen molar-refractivity contribution in [3.8, 4) is 5.75 Å². The van der Waals surface area contributed by atoms with E-state index >= 15 is 0 Å². The number of fused-ring (bicyclic) bond motifs is 1. The van der Waals surface area contributed by atoms with Crippen LogP contribution in [0, 0.1) is 0 Å². The number of nitrogens with zero attached hydrogens (tertiary/aromatic N) is 1. The molecule has 1 aromatic rings. The molecular formula is C22H33N3O6. The number of carbonyl (C=O) groups is 3. The Morgan fingerprint density at radius 2 is 1.87 bits per heavy atom. The number of benzene rings is 1. The molecule has 0 fully saturated rings. The van der Waals surface area contributed by atoms with Gasteiger partial charge in [-0.2, -0.15) is 0 Å². The van der Waals surface area contributed by atoms with Crippen molar-refractivity contribution in [2.75, 3.05) is 24.6 Å². The predicted octanol–water partition coefficient (Wildman–Crippen LogP) is 1.86. The summed E-state index contributed by atoms with van der Waals surface area (Å²) in [6, 6.07) is 5.26. The molecule has 1 amide bonds. The first-order valence-electron chi connectivity index (χ1n) is 10.8. The Balaban J connectivity index is 1.96. The number of nitrogens with one attached hydrogen (secondary N) is 2. The number of ether oxygens (including phenoxy) is 1. The summed E-state index contributed by atoms with van der Waals surface area (Å²) in [5.74, 6) is -2.33. The van der Waals surface area contributed by atoms with Gasteiger partial charge in [-0.3, -0.25) is 24.6 Å². The van der Waals surface area contributed by atoms with Crippen LogP contribution in [0.15, 0.2) is 24.3 Å². The van der Waals surface area contributed by atoms with Crippen molar-refractivity contribution in [2.45, 2.75) is 64.1 Å². The molecule has 1 unspecified atom stereocenters. The minimum absolute atomic E-state index is 0.0728. The number of hydrogen-bond acceptors (Lipinski definition) is 6. The van der Waals surface area contributed by atoms with Gasteiger partial charge in [-0.1, -0.05) is 45.2 Å². The number of aliphatic carboxylic acids is 2. The van der Waals surface area contributed by atoms with Crippen molar-refractivity contribution in [2.24, 2.45) is 0 Å². The Labute approximate surface area is 182 Å². The molecule has 0 aliphatic carbocycles. The number of para-hydroxylation sites is 2. The van der Waals surface area contributed by atoms with E-state index in [-0.39, 0.29) is 6.61 Å². The van der Waals surface area contributed by atoms with Gasteiger partial charge in [-0.15, -0.1) is 0 Å². The first-order chi connectivity index (χ1) is 14.8. The van der Waals surface area contributed by atoms with E-state index in [4.69, 9.17) is 4.74 Å². The summed E-state index contributed by atoms with van der Waals surface area (Å²) in [4.78, 5) is 37.2. The van der Waals surface area contributed by atoms with Crippen LogP contribution in [0.3, 0.4) is 0 Å². The Kier molecular flexibility index (Phi) is 9.74. The van der Waals surface area contributed by atoms with Gasteiger partial charge in [0.1, 0.15) is 31.0 Å². The highest BCUT2D eigenvalue weighted by atomic mass is 16.5. The van der Waals surface area contributed by atoms with Crippen LogP contribution in [0.2, 0.25) is 0 Å².